The predicted octanol–water partition coefficient (Wildman–Crippen LogP) is 3.78. The van der Waals surface area contributed by atoms with Crippen LogP contribution in [0.5, 0.6) is 0 Å². The average molecular weight is 235 g/mol. The maximum atomic E-state index is 12.3. The minimum Gasteiger partial charge on any atom is -0.243 e. The summed E-state index contributed by atoms with van der Waals surface area (Å²) in [5.41, 5.74) is -0.562. The van der Waals surface area contributed by atoms with E-state index in [1.54, 1.807) is 0 Å². The van der Waals surface area contributed by atoms with Crippen LogP contribution in [0.1, 0.15) is 10.6 Å². The van der Waals surface area contributed by atoms with Crippen molar-refractivity contribution in [1.29, 1.82) is 0 Å². The highest BCUT2D eigenvalue weighted by molar-refractivity contribution is 7.18. The molecule has 0 atom stereocenters. The van der Waals surface area contributed by atoms with E-state index in [1.165, 1.54) is 6.07 Å². The van der Waals surface area contributed by atoms with E-state index in [0.717, 1.165) is 23.5 Å². The largest absolute Gasteiger partial charge is 0.416 e. The third-order valence-corrected chi connectivity index (χ3v) is 2.87. The average Bonchev–Trinajstić information content (AvgIpc) is 2.57. The van der Waals surface area contributed by atoms with Crippen molar-refractivity contribution < 1.29 is 17.6 Å². The van der Waals surface area contributed by atoms with Gasteiger partial charge in [-0.15, -0.1) is 11.3 Å². The number of thiazole rings is 1. The summed E-state index contributed by atoms with van der Waals surface area (Å²) in [6.45, 7) is -0.749. The van der Waals surface area contributed by atoms with Gasteiger partial charge in [0.05, 0.1) is 15.8 Å². The molecule has 0 spiro atoms. The molecule has 0 saturated heterocycles. The minimum absolute atomic E-state index is 0.197. The predicted molar refractivity (Wildman–Crippen MR) is 49.4 cm³/mol. The zero-order valence-electron chi connectivity index (χ0n) is 7.31. The molecule has 1 heterocycles. The van der Waals surface area contributed by atoms with Gasteiger partial charge < -0.3 is 0 Å². The highest BCUT2D eigenvalue weighted by Crippen LogP contribution is 2.32. The number of fused-ring (bicyclic) bond motifs is 1. The first kappa shape index (κ1) is 10.4. The van der Waals surface area contributed by atoms with Gasteiger partial charge in [0, 0.05) is 0 Å². The van der Waals surface area contributed by atoms with Crippen molar-refractivity contribution in [3.05, 3.63) is 28.8 Å². The van der Waals surface area contributed by atoms with E-state index in [2.05, 4.69) is 4.98 Å². The van der Waals surface area contributed by atoms with Crippen LogP contribution in [0.15, 0.2) is 18.2 Å². The number of halogens is 4. The van der Waals surface area contributed by atoms with Crippen LogP contribution in [-0.4, -0.2) is 4.98 Å². The third kappa shape index (κ3) is 1.94. The first-order chi connectivity index (χ1) is 7.00. The summed E-state index contributed by atoms with van der Waals surface area (Å²) in [7, 11) is 0. The number of benzene rings is 1. The van der Waals surface area contributed by atoms with Gasteiger partial charge >= 0.3 is 6.18 Å². The van der Waals surface area contributed by atoms with E-state index in [-0.39, 0.29) is 10.5 Å². The van der Waals surface area contributed by atoms with Gasteiger partial charge in [-0.25, -0.2) is 9.37 Å². The summed E-state index contributed by atoms with van der Waals surface area (Å²) in [6, 6.07) is 3.22. The van der Waals surface area contributed by atoms with Gasteiger partial charge in [-0.1, -0.05) is 0 Å². The Balaban J connectivity index is 2.55. The standard InChI is InChI=1S/C9H5F4NS/c10-4-8-14-6-3-5(9(11,12)13)1-2-7(6)15-8/h1-3H,4H2. The molecule has 6 heteroatoms. The zero-order valence-corrected chi connectivity index (χ0v) is 8.12. The van der Waals surface area contributed by atoms with Crippen molar-refractivity contribution >= 4 is 21.6 Å². The van der Waals surface area contributed by atoms with Crippen LogP contribution in [0, 0.1) is 0 Å². The van der Waals surface area contributed by atoms with E-state index in [4.69, 9.17) is 0 Å². The minimum atomic E-state index is -4.38. The fraction of sp³-hybridized carbons (Fsp3) is 0.222. The molecule has 80 valence electrons. The van der Waals surface area contributed by atoms with Gasteiger partial charge in [0.2, 0.25) is 0 Å². The van der Waals surface area contributed by atoms with Gasteiger partial charge in [-0.2, -0.15) is 13.2 Å². The summed E-state index contributed by atoms with van der Waals surface area (Å²) in [5, 5.41) is 0.198. The molecule has 0 amide bonds. The van der Waals surface area contributed by atoms with E-state index < -0.39 is 18.4 Å². The summed E-state index contributed by atoms with van der Waals surface area (Å²) in [4.78, 5) is 3.75. The molecular formula is C9H5F4NS. The summed E-state index contributed by atoms with van der Waals surface area (Å²) in [5.74, 6) is 0. The molecule has 0 aliphatic rings. The van der Waals surface area contributed by atoms with Gasteiger partial charge in [0.1, 0.15) is 11.7 Å². The lowest BCUT2D eigenvalue weighted by atomic mass is 10.2. The normalized spacial score (nSPS) is 12.3. The second kappa shape index (κ2) is 3.44. The Bertz CT molecular complexity index is 488. The summed E-state index contributed by atoms with van der Waals surface area (Å²) >= 11 is 1.06. The molecular weight excluding hydrogens is 230 g/mol. The number of alkyl halides is 4. The monoisotopic (exact) mass is 235 g/mol. The van der Waals surface area contributed by atoms with Crippen LogP contribution in [0.25, 0.3) is 10.2 Å². The lowest BCUT2D eigenvalue weighted by Crippen LogP contribution is -2.03. The highest BCUT2D eigenvalue weighted by Gasteiger charge is 2.30. The molecule has 1 aromatic heterocycles. The van der Waals surface area contributed by atoms with Gasteiger partial charge in [0.15, 0.2) is 0 Å². The van der Waals surface area contributed by atoms with Gasteiger partial charge in [-0.05, 0) is 18.2 Å². The molecule has 2 rings (SSSR count). The lowest BCUT2D eigenvalue weighted by Gasteiger charge is -2.04. The number of rotatable bonds is 1. The van der Waals surface area contributed by atoms with Crippen molar-refractivity contribution in [3.63, 3.8) is 0 Å². The molecule has 0 N–H and O–H groups in total. The Morgan fingerprint density at radius 3 is 2.60 bits per heavy atom. The van der Waals surface area contributed by atoms with Crippen molar-refractivity contribution in [2.24, 2.45) is 0 Å². The molecule has 0 saturated carbocycles. The van der Waals surface area contributed by atoms with E-state index in [1.807, 2.05) is 0 Å². The lowest BCUT2D eigenvalue weighted by molar-refractivity contribution is -0.137. The number of nitrogens with zero attached hydrogens (tertiary/aromatic N) is 1. The van der Waals surface area contributed by atoms with Crippen LogP contribution in [-0.2, 0) is 12.9 Å². The fourth-order valence-corrected chi connectivity index (χ4v) is 2.01. The van der Waals surface area contributed by atoms with Crippen molar-refractivity contribution in [1.82, 2.24) is 4.98 Å². The molecule has 0 radical (unpaired) electrons. The van der Waals surface area contributed by atoms with E-state index in [0.29, 0.717) is 4.70 Å². The molecule has 0 aliphatic heterocycles. The Kier molecular flexibility index (Phi) is 2.38. The van der Waals surface area contributed by atoms with Crippen molar-refractivity contribution in [2.45, 2.75) is 12.9 Å². The molecule has 0 aliphatic carbocycles. The van der Waals surface area contributed by atoms with Crippen molar-refractivity contribution in [3.8, 4) is 0 Å². The van der Waals surface area contributed by atoms with Gasteiger partial charge in [-0.3, -0.25) is 0 Å². The highest BCUT2D eigenvalue weighted by atomic mass is 32.1. The SMILES string of the molecule is FCc1nc2cc(C(F)(F)F)ccc2s1. The topological polar surface area (TPSA) is 12.9 Å². The third-order valence-electron chi connectivity index (χ3n) is 1.87. The van der Waals surface area contributed by atoms with Gasteiger partial charge in [0.25, 0.3) is 0 Å². The molecule has 15 heavy (non-hydrogen) atoms. The van der Waals surface area contributed by atoms with Crippen LogP contribution in [0.3, 0.4) is 0 Å². The first-order valence-electron chi connectivity index (χ1n) is 4.03. The summed E-state index contributed by atoms with van der Waals surface area (Å²) in [6.07, 6.45) is -4.38. The maximum Gasteiger partial charge on any atom is 0.416 e. The molecule has 1 aromatic carbocycles. The zero-order chi connectivity index (χ0) is 11.1. The molecule has 0 fully saturated rings. The molecule has 0 bridgehead atoms. The number of aromatic nitrogens is 1. The summed E-state index contributed by atoms with van der Waals surface area (Å²) < 4.78 is 49.7. The maximum absolute atomic E-state index is 12.3. The first-order valence-corrected chi connectivity index (χ1v) is 4.85. The number of hydrogen-bond acceptors (Lipinski definition) is 2. The Morgan fingerprint density at radius 1 is 1.27 bits per heavy atom. The van der Waals surface area contributed by atoms with E-state index in [9.17, 15) is 17.6 Å². The quantitative estimate of drug-likeness (QED) is 0.685. The van der Waals surface area contributed by atoms with E-state index >= 15 is 0 Å². The molecule has 0 unspecified atom stereocenters. The Morgan fingerprint density at radius 2 is 2.00 bits per heavy atom. The van der Waals surface area contributed by atoms with Crippen molar-refractivity contribution in [2.75, 3.05) is 0 Å². The Hall–Kier alpha value is -1.17. The number of hydrogen-bond donors (Lipinski definition) is 0. The van der Waals surface area contributed by atoms with Crippen LogP contribution >= 0.6 is 11.3 Å². The fourth-order valence-electron chi connectivity index (χ4n) is 1.21. The van der Waals surface area contributed by atoms with Crippen LogP contribution in [0.4, 0.5) is 17.6 Å². The second-order valence-corrected chi connectivity index (χ2v) is 4.04. The smallest absolute Gasteiger partial charge is 0.243 e. The van der Waals surface area contributed by atoms with Crippen LogP contribution in [0.2, 0.25) is 0 Å². The molecule has 1 nitrogen and oxygen atoms in total. The second-order valence-electron chi connectivity index (χ2n) is 2.92. The molecule has 2 aromatic rings. The Labute approximate surface area is 86.4 Å². The van der Waals surface area contributed by atoms with Crippen LogP contribution < -0.4 is 0 Å².